The maximum Gasteiger partial charge on any atom is 0.293 e. The lowest BCUT2D eigenvalue weighted by Gasteiger charge is -2.27. The number of aromatic nitrogens is 2. The molecule has 1 fully saturated rings. The number of benzene rings is 1. The number of rotatable bonds is 3. The first kappa shape index (κ1) is 17.5. The second-order valence-corrected chi connectivity index (χ2v) is 6.79. The van der Waals surface area contributed by atoms with Crippen LogP contribution in [0, 0.1) is 12.7 Å². The highest BCUT2D eigenvalue weighted by atomic mass is 19.1. The molecule has 1 saturated heterocycles. The van der Waals surface area contributed by atoms with Crippen LogP contribution in [0.4, 0.5) is 4.39 Å². The number of amides is 1. The summed E-state index contributed by atoms with van der Waals surface area (Å²) in [5.74, 6) is 0.0913. The van der Waals surface area contributed by atoms with Crippen LogP contribution in [0.1, 0.15) is 53.7 Å². The van der Waals surface area contributed by atoms with Crippen LogP contribution in [0.5, 0.6) is 0 Å². The van der Waals surface area contributed by atoms with Crippen molar-refractivity contribution in [2.75, 3.05) is 6.54 Å². The van der Waals surface area contributed by atoms with Crippen molar-refractivity contribution in [2.45, 2.75) is 38.6 Å². The molecule has 0 bridgehead atoms. The van der Waals surface area contributed by atoms with Gasteiger partial charge in [-0.25, -0.2) is 4.39 Å². The molecule has 2 aromatic heterocycles. The van der Waals surface area contributed by atoms with Crippen molar-refractivity contribution in [1.29, 1.82) is 0 Å². The van der Waals surface area contributed by atoms with E-state index in [1.165, 1.54) is 12.1 Å². The summed E-state index contributed by atoms with van der Waals surface area (Å²) in [7, 11) is 0. The van der Waals surface area contributed by atoms with E-state index in [9.17, 15) is 9.18 Å². The molecular formula is C20H20FN3O3. The zero-order chi connectivity index (χ0) is 18.8. The van der Waals surface area contributed by atoms with Crippen molar-refractivity contribution in [3.8, 4) is 11.3 Å². The van der Waals surface area contributed by atoms with Crippen molar-refractivity contribution in [3.05, 3.63) is 59.4 Å². The first-order chi connectivity index (χ1) is 13.1. The van der Waals surface area contributed by atoms with Crippen LogP contribution in [0.25, 0.3) is 11.3 Å². The van der Waals surface area contributed by atoms with Crippen LogP contribution in [0.2, 0.25) is 0 Å². The predicted molar refractivity (Wildman–Crippen MR) is 95.4 cm³/mol. The molecule has 27 heavy (non-hydrogen) atoms. The average molecular weight is 369 g/mol. The molecule has 1 aromatic carbocycles. The van der Waals surface area contributed by atoms with Crippen molar-refractivity contribution in [1.82, 2.24) is 15.2 Å². The van der Waals surface area contributed by atoms with Gasteiger partial charge < -0.3 is 13.9 Å². The van der Waals surface area contributed by atoms with Gasteiger partial charge >= 0.3 is 0 Å². The molecule has 3 heterocycles. The normalized spacial score (nSPS) is 17.7. The van der Waals surface area contributed by atoms with Crippen molar-refractivity contribution < 1.29 is 18.2 Å². The van der Waals surface area contributed by atoms with E-state index in [1.54, 1.807) is 23.1 Å². The quantitative estimate of drug-likeness (QED) is 0.678. The Morgan fingerprint density at radius 2 is 2.00 bits per heavy atom. The van der Waals surface area contributed by atoms with Crippen LogP contribution >= 0.6 is 0 Å². The number of hydrogen-bond donors (Lipinski definition) is 0. The second-order valence-electron chi connectivity index (χ2n) is 6.79. The van der Waals surface area contributed by atoms with Gasteiger partial charge in [-0.3, -0.25) is 4.79 Å². The minimum absolute atomic E-state index is 0.0939. The fourth-order valence-corrected chi connectivity index (χ4v) is 3.50. The lowest BCUT2D eigenvalue weighted by molar-refractivity contribution is 0.0609. The smallest absolute Gasteiger partial charge is 0.293 e. The molecule has 1 unspecified atom stereocenters. The summed E-state index contributed by atoms with van der Waals surface area (Å²) >= 11 is 0. The Morgan fingerprint density at radius 1 is 1.15 bits per heavy atom. The van der Waals surface area contributed by atoms with E-state index in [1.807, 2.05) is 13.0 Å². The van der Waals surface area contributed by atoms with E-state index in [0.717, 1.165) is 31.4 Å². The van der Waals surface area contributed by atoms with E-state index in [-0.39, 0.29) is 17.7 Å². The number of aryl methyl sites for hydroxylation is 1. The molecule has 7 heteroatoms. The third-order valence-electron chi connectivity index (χ3n) is 4.86. The maximum atomic E-state index is 14.0. The third-order valence-corrected chi connectivity index (χ3v) is 4.86. The molecule has 140 valence electrons. The lowest BCUT2D eigenvalue weighted by Crippen LogP contribution is -2.34. The van der Waals surface area contributed by atoms with Gasteiger partial charge in [0.1, 0.15) is 11.5 Å². The standard InChI is InChI=1S/C20H20FN3O3/c1-13-11-18(26-22-13)17-9-3-2-6-10-24(17)20(25)19-12-16(23-27-19)14-7-4-5-8-15(14)21/h4-5,7-8,11-12,17H,2-3,6,9-10H2,1H3. The van der Waals surface area contributed by atoms with Crippen LogP contribution < -0.4 is 0 Å². The highest BCUT2D eigenvalue weighted by Crippen LogP contribution is 2.32. The largest absolute Gasteiger partial charge is 0.359 e. The van der Waals surface area contributed by atoms with Gasteiger partial charge in [0, 0.05) is 24.2 Å². The monoisotopic (exact) mass is 369 g/mol. The molecule has 0 saturated carbocycles. The number of carbonyl (C=O) groups is 1. The van der Waals surface area contributed by atoms with E-state index < -0.39 is 5.82 Å². The Bertz CT molecular complexity index is 949. The molecule has 4 rings (SSSR count). The molecule has 1 atom stereocenters. The Labute approximate surface area is 155 Å². The molecule has 6 nitrogen and oxygen atoms in total. The van der Waals surface area contributed by atoms with Crippen LogP contribution in [-0.4, -0.2) is 27.7 Å². The summed E-state index contributed by atoms with van der Waals surface area (Å²) in [6.45, 7) is 2.45. The summed E-state index contributed by atoms with van der Waals surface area (Å²) in [5, 5.41) is 7.84. The number of hydrogen-bond acceptors (Lipinski definition) is 5. The molecule has 0 spiro atoms. The summed E-state index contributed by atoms with van der Waals surface area (Å²) in [5.41, 5.74) is 1.39. The fraction of sp³-hybridized carbons (Fsp3) is 0.350. The highest BCUT2D eigenvalue weighted by molar-refractivity contribution is 5.92. The summed E-state index contributed by atoms with van der Waals surface area (Å²) in [6.07, 6.45) is 3.76. The number of halogens is 1. The van der Waals surface area contributed by atoms with Gasteiger partial charge in [-0.05, 0) is 31.9 Å². The second kappa shape index (κ2) is 7.34. The van der Waals surface area contributed by atoms with Gasteiger partial charge in [-0.1, -0.05) is 35.3 Å². The van der Waals surface area contributed by atoms with E-state index in [2.05, 4.69) is 10.3 Å². The Morgan fingerprint density at radius 3 is 2.78 bits per heavy atom. The van der Waals surface area contributed by atoms with Crippen LogP contribution in [0.3, 0.4) is 0 Å². The number of nitrogens with zero attached hydrogens (tertiary/aromatic N) is 3. The first-order valence-electron chi connectivity index (χ1n) is 9.09. The summed E-state index contributed by atoms with van der Waals surface area (Å²) < 4.78 is 24.7. The fourth-order valence-electron chi connectivity index (χ4n) is 3.50. The molecule has 1 aliphatic rings. The van der Waals surface area contributed by atoms with Gasteiger partial charge in [-0.2, -0.15) is 0 Å². The van der Waals surface area contributed by atoms with E-state index >= 15 is 0 Å². The van der Waals surface area contributed by atoms with Crippen LogP contribution in [0.15, 0.2) is 45.4 Å². The minimum Gasteiger partial charge on any atom is -0.359 e. The zero-order valence-corrected chi connectivity index (χ0v) is 15.0. The van der Waals surface area contributed by atoms with Crippen LogP contribution in [-0.2, 0) is 0 Å². The lowest BCUT2D eigenvalue weighted by atomic mass is 10.1. The number of likely N-dealkylation sites (tertiary alicyclic amines) is 1. The Balaban J connectivity index is 1.63. The topological polar surface area (TPSA) is 72.4 Å². The van der Waals surface area contributed by atoms with Crippen molar-refractivity contribution >= 4 is 5.91 Å². The molecule has 3 aromatic rings. The first-order valence-corrected chi connectivity index (χ1v) is 9.09. The van der Waals surface area contributed by atoms with Gasteiger partial charge in [0.05, 0.1) is 11.7 Å². The van der Waals surface area contributed by atoms with Gasteiger partial charge in [0.15, 0.2) is 5.76 Å². The molecule has 1 amide bonds. The maximum absolute atomic E-state index is 14.0. The molecule has 0 aliphatic carbocycles. The SMILES string of the molecule is Cc1cc(C2CCCCCN2C(=O)c2cc(-c3ccccc3F)no2)on1. The van der Waals surface area contributed by atoms with Crippen molar-refractivity contribution in [3.63, 3.8) is 0 Å². The van der Waals surface area contributed by atoms with Gasteiger partial charge in [-0.15, -0.1) is 0 Å². The van der Waals surface area contributed by atoms with Gasteiger partial charge in [0.25, 0.3) is 5.91 Å². The Kier molecular flexibility index (Phi) is 4.75. The predicted octanol–water partition coefficient (Wildman–Crippen LogP) is 4.53. The van der Waals surface area contributed by atoms with Crippen molar-refractivity contribution in [2.24, 2.45) is 0 Å². The minimum atomic E-state index is -0.408. The van der Waals surface area contributed by atoms with Gasteiger partial charge in [0.2, 0.25) is 5.76 Å². The Hall–Kier alpha value is -2.96. The molecular weight excluding hydrogens is 349 g/mol. The zero-order valence-electron chi connectivity index (χ0n) is 15.0. The molecule has 0 N–H and O–H groups in total. The van der Waals surface area contributed by atoms with E-state index in [0.29, 0.717) is 23.6 Å². The highest BCUT2D eigenvalue weighted by Gasteiger charge is 2.32. The summed E-state index contributed by atoms with van der Waals surface area (Å²) in [4.78, 5) is 14.9. The number of carbonyl (C=O) groups excluding carboxylic acids is 1. The average Bonchev–Trinajstić information content (AvgIpc) is 3.25. The van der Waals surface area contributed by atoms with E-state index in [4.69, 9.17) is 9.05 Å². The molecule has 0 radical (unpaired) electrons. The summed E-state index contributed by atoms with van der Waals surface area (Å²) in [6, 6.07) is 9.44. The third kappa shape index (κ3) is 3.49. The molecule has 1 aliphatic heterocycles.